The van der Waals surface area contributed by atoms with Crippen molar-refractivity contribution in [3.05, 3.63) is 11.6 Å². The van der Waals surface area contributed by atoms with Crippen molar-refractivity contribution in [3.63, 3.8) is 0 Å². The van der Waals surface area contributed by atoms with Gasteiger partial charge in [0.05, 0.1) is 6.10 Å². The molecule has 0 aromatic rings. The molecule has 1 fully saturated rings. The zero-order valence-corrected chi connectivity index (χ0v) is 23.4. The van der Waals surface area contributed by atoms with Gasteiger partial charge >= 0.3 is 5.97 Å². The highest BCUT2D eigenvalue weighted by Crippen LogP contribution is 2.47. The van der Waals surface area contributed by atoms with Gasteiger partial charge in [-0.05, 0) is 69.0 Å². The first-order chi connectivity index (χ1) is 15.4. The second kappa shape index (κ2) is 12.4. The van der Waals surface area contributed by atoms with Crippen LogP contribution in [0.5, 0.6) is 0 Å². The van der Waals surface area contributed by atoms with E-state index in [9.17, 15) is 9.90 Å². The van der Waals surface area contributed by atoms with Gasteiger partial charge in [-0.3, -0.25) is 4.79 Å². The fourth-order valence-corrected chi connectivity index (χ4v) is 6.97. The lowest BCUT2D eigenvalue weighted by Gasteiger charge is -2.43. The average Bonchev–Trinajstić information content (AvgIpc) is 3.01. The van der Waals surface area contributed by atoms with Crippen molar-refractivity contribution in [1.82, 2.24) is 0 Å². The maximum absolute atomic E-state index is 10.8. The first-order valence-electron chi connectivity index (χ1n) is 13.6. The smallest absolute Gasteiger partial charge is 0.303 e. The van der Waals surface area contributed by atoms with Gasteiger partial charge in [0.25, 0.3) is 0 Å². The Labute approximate surface area is 204 Å². The highest BCUT2D eigenvalue weighted by molar-refractivity contribution is 6.74. The number of aliphatic carboxylic acids is 1. The molecule has 0 amide bonds. The van der Waals surface area contributed by atoms with Crippen molar-refractivity contribution >= 4 is 14.3 Å². The van der Waals surface area contributed by atoms with E-state index in [0.29, 0.717) is 12.0 Å². The van der Waals surface area contributed by atoms with Crippen LogP contribution in [-0.2, 0) is 9.22 Å². The van der Waals surface area contributed by atoms with Crippen LogP contribution in [0.2, 0.25) is 18.1 Å². The standard InChI is InChI=1S/C28H52O4Si/c1-27(2,3)33(5,6)32-24(22-14-10-9-11-15-22)19-17-23-18-20-25(29)28(23,4)21-13-8-7-12-16-26(30)31/h18,22,24-25,29H,7-17,19-21H2,1-6H3,(H,30,31)/t24?,25-,28+/m0/s1. The Bertz CT molecular complexity index is 645. The number of aliphatic hydroxyl groups is 1. The Kier molecular flexibility index (Phi) is 10.7. The Morgan fingerprint density at radius 1 is 1.15 bits per heavy atom. The number of aliphatic hydroxyl groups excluding tert-OH is 1. The van der Waals surface area contributed by atoms with Crippen LogP contribution >= 0.6 is 0 Å². The predicted molar refractivity (Wildman–Crippen MR) is 140 cm³/mol. The van der Waals surface area contributed by atoms with Crippen molar-refractivity contribution in [3.8, 4) is 0 Å². The molecule has 192 valence electrons. The van der Waals surface area contributed by atoms with Gasteiger partial charge in [0.15, 0.2) is 8.32 Å². The number of unbranched alkanes of at least 4 members (excludes halogenated alkanes) is 3. The van der Waals surface area contributed by atoms with Crippen LogP contribution in [0.15, 0.2) is 11.6 Å². The molecule has 5 heteroatoms. The number of rotatable bonds is 13. The van der Waals surface area contributed by atoms with Crippen LogP contribution in [0.3, 0.4) is 0 Å². The van der Waals surface area contributed by atoms with E-state index in [1.807, 2.05) is 0 Å². The molecule has 0 aliphatic heterocycles. The molecule has 2 aliphatic rings. The molecule has 2 aliphatic carbocycles. The van der Waals surface area contributed by atoms with Gasteiger partial charge in [-0.15, -0.1) is 0 Å². The van der Waals surface area contributed by atoms with E-state index in [1.165, 1.54) is 37.7 Å². The van der Waals surface area contributed by atoms with Crippen molar-refractivity contribution in [2.45, 2.75) is 148 Å². The molecule has 0 aromatic carbocycles. The van der Waals surface area contributed by atoms with Crippen molar-refractivity contribution in [2.75, 3.05) is 0 Å². The fraction of sp³-hybridized carbons (Fsp3) is 0.893. The van der Waals surface area contributed by atoms with Crippen molar-refractivity contribution < 1.29 is 19.4 Å². The first-order valence-corrected chi connectivity index (χ1v) is 16.5. The predicted octanol–water partition coefficient (Wildman–Crippen LogP) is 7.86. The number of hydrogen-bond donors (Lipinski definition) is 2. The van der Waals surface area contributed by atoms with Gasteiger partial charge in [-0.25, -0.2) is 0 Å². The summed E-state index contributed by atoms with van der Waals surface area (Å²) in [6.07, 6.45) is 16.9. The molecule has 2 N–H and O–H groups in total. The van der Waals surface area contributed by atoms with E-state index >= 15 is 0 Å². The summed E-state index contributed by atoms with van der Waals surface area (Å²) in [4.78, 5) is 10.7. The van der Waals surface area contributed by atoms with Gasteiger partial charge in [-0.1, -0.05) is 77.9 Å². The lowest BCUT2D eigenvalue weighted by Crippen LogP contribution is -2.46. The van der Waals surface area contributed by atoms with Crippen LogP contribution in [-0.4, -0.2) is 36.7 Å². The highest BCUT2D eigenvalue weighted by atomic mass is 28.4. The molecule has 1 unspecified atom stereocenters. The van der Waals surface area contributed by atoms with E-state index in [0.717, 1.165) is 51.4 Å². The van der Waals surface area contributed by atoms with Crippen LogP contribution in [0.1, 0.15) is 118 Å². The van der Waals surface area contributed by atoms with Gasteiger partial charge < -0.3 is 14.6 Å². The summed E-state index contributed by atoms with van der Waals surface area (Å²) in [5.41, 5.74) is 1.29. The Morgan fingerprint density at radius 3 is 2.39 bits per heavy atom. The zero-order chi connectivity index (χ0) is 24.7. The summed E-state index contributed by atoms with van der Waals surface area (Å²) in [5, 5.41) is 19.9. The highest BCUT2D eigenvalue weighted by Gasteiger charge is 2.43. The molecule has 2 rings (SSSR count). The van der Waals surface area contributed by atoms with Gasteiger partial charge in [0, 0.05) is 17.9 Å². The van der Waals surface area contributed by atoms with Gasteiger partial charge in [0.1, 0.15) is 0 Å². The number of carbonyl (C=O) groups is 1. The monoisotopic (exact) mass is 480 g/mol. The van der Waals surface area contributed by atoms with Gasteiger partial charge in [0.2, 0.25) is 0 Å². The summed E-state index contributed by atoms with van der Waals surface area (Å²) in [5.74, 6) is -0.0221. The molecule has 33 heavy (non-hydrogen) atoms. The number of hydrogen-bond acceptors (Lipinski definition) is 3. The lowest BCUT2D eigenvalue weighted by molar-refractivity contribution is -0.137. The normalized spacial score (nSPS) is 25.8. The summed E-state index contributed by atoms with van der Waals surface area (Å²) in [7, 11) is -1.83. The van der Waals surface area contributed by atoms with Crippen molar-refractivity contribution in [1.29, 1.82) is 0 Å². The average molecular weight is 481 g/mol. The summed E-state index contributed by atoms with van der Waals surface area (Å²) < 4.78 is 7.04. The van der Waals surface area contributed by atoms with E-state index in [4.69, 9.17) is 9.53 Å². The minimum Gasteiger partial charge on any atom is -0.481 e. The molecule has 1 saturated carbocycles. The Morgan fingerprint density at radius 2 is 1.79 bits per heavy atom. The molecule has 0 spiro atoms. The second-order valence-corrected chi connectivity index (χ2v) is 17.3. The minimum atomic E-state index is -1.83. The molecule has 3 atom stereocenters. The molecule has 0 bridgehead atoms. The topological polar surface area (TPSA) is 66.8 Å². The quantitative estimate of drug-likeness (QED) is 0.160. The van der Waals surface area contributed by atoms with E-state index in [1.54, 1.807) is 0 Å². The molecule has 0 saturated heterocycles. The van der Waals surface area contributed by atoms with Crippen LogP contribution < -0.4 is 0 Å². The molecule has 0 aromatic heterocycles. The van der Waals surface area contributed by atoms with Crippen LogP contribution in [0, 0.1) is 11.3 Å². The number of carboxylic acid groups (broad SMARTS) is 1. The first kappa shape index (κ1) is 28.6. The maximum Gasteiger partial charge on any atom is 0.303 e. The van der Waals surface area contributed by atoms with Crippen LogP contribution in [0.4, 0.5) is 0 Å². The Balaban J connectivity index is 1.98. The van der Waals surface area contributed by atoms with E-state index < -0.39 is 14.3 Å². The maximum atomic E-state index is 10.8. The molecular weight excluding hydrogens is 428 g/mol. The Hall–Kier alpha value is -0.653. The third-order valence-electron chi connectivity index (χ3n) is 9.02. The van der Waals surface area contributed by atoms with E-state index in [-0.39, 0.29) is 23.0 Å². The zero-order valence-electron chi connectivity index (χ0n) is 22.4. The summed E-state index contributed by atoms with van der Waals surface area (Å²) in [6, 6.07) is 0. The molecular formula is C28H52O4Si. The fourth-order valence-electron chi connectivity index (χ4n) is 5.55. The molecule has 4 nitrogen and oxygen atoms in total. The van der Waals surface area contributed by atoms with Gasteiger partial charge in [-0.2, -0.15) is 0 Å². The minimum absolute atomic E-state index is 0.138. The second-order valence-electron chi connectivity index (χ2n) is 12.6. The summed E-state index contributed by atoms with van der Waals surface area (Å²) >= 11 is 0. The third kappa shape index (κ3) is 8.21. The summed E-state index contributed by atoms with van der Waals surface area (Å²) in [6.45, 7) is 14.0. The number of carboxylic acids is 1. The largest absolute Gasteiger partial charge is 0.481 e. The molecule has 0 radical (unpaired) electrons. The molecule has 0 heterocycles. The van der Waals surface area contributed by atoms with Crippen molar-refractivity contribution in [2.24, 2.45) is 11.3 Å². The third-order valence-corrected chi connectivity index (χ3v) is 13.5. The SMILES string of the molecule is CC(C)(C)[Si](C)(C)OC(CCC1=CC[C@H](O)[C@]1(C)CCCCCCC(=O)O)C1CCCCC1. The lowest BCUT2D eigenvalue weighted by atomic mass is 9.74. The van der Waals surface area contributed by atoms with Crippen LogP contribution in [0.25, 0.3) is 0 Å². The van der Waals surface area contributed by atoms with E-state index in [2.05, 4.69) is 46.9 Å².